The number of hydrogen-bond acceptors (Lipinski definition) is 4. The van der Waals surface area contributed by atoms with Crippen LogP contribution >= 0.6 is 11.6 Å². The molecular formula is C29H34ClN3O2S. The second kappa shape index (κ2) is 10.5. The number of hydrogen-bond donors (Lipinski definition) is 1. The summed E-state index contributed by atoms with van der Waals surface area (Å²) in [6.07, 6.45) is 3.13. The average molecular weight is 524 g/mol. The van der Waals surface area contributed by atoms with Crippen LogP contribution in [-0.4, -0.2) is 52.5 Å². The smallest absolute Gasteiger partial charge is 0.242 e. The minimum Gasteiger partial charge on any atom is -0.370 e. The highest BCUT2D eigenvalue weighted by molar-refractivity contribution is 7.89. The van der Waals surface area contributed by atoms with Gasteiger partial charge in [-0.05, 0) is 79.7 Å². The van der Waals surface area contributed by atoms with E-state index in [1.165, 1.54) is 15.6 Å². The normalized spacial score (nSPS) is 17.9. The molecule has 1 atom stereocenters. The number of halogens is 1. The number of nitrogens with zero attached hydrogens (tertiary/aromatic N) is 2. The van der Waals surface area contributed by atoms with E-state index in [0.29, 0.717) is 16.5 Å². The summed E-state index contributed by atoms with van der Waals surface area (Å²) in [5.41, 5.74) is 4.08. The number of rotatable bonds is 8. The molecule has 3 aromatic carbocycles. The van der Waals surface area contributed by atoms with Crippen LogP contribution in [0.25, 0.3) is 0 Å². The minimum atomic E-state index is -3.58. The maximum Gasteiger partial charge on any atom is 0.242 e. The lowest BCUT2D eigenvalue weighted by Gasteiger charge is -2.35. The van der Waals surface area contributed by atoms with E-state index in [1.807, 2.05) is 24.3 Å². The Bertz CT molecular complexity index is 1290. The molecule has 190 valence electrons. The van der Waals surface area contributed by atoms with E-state index in [2.05, 4.69) is 40.5 Å². The number of benzene rings is 3. The van der Waals surface area contributed by atoms with Crippen molar-refractivity contribution in [3.63, 3.8) is 0 Å². The minimum absolute atomic E-state index is 0.0175. The van der Waals surface area contributed by atoms with Gasteiger partial charge in [0.05, 0.1) is 4.90 Å². The van der Waals surface area contributed by atoms with Gasteiger partial charge in [0, 0.05) is 42.8 Å². The van der Waals surface area contributed by atoms with Gasteiger partial charge in [-0.1, -0.05) is 60.1 Å². The van der Waals surface area contributed by atoms with Crippen molar-refractivity contribution < 1.29 is 8.42 Å². The van der Waals surface area contributed by atoms with E-state index in [-0.39, 0.29) is 11.3 Å². The molecule has 1 N–H and O–H groups in total. The molecule has 3 aromatic rings. The number of likely N-dealkylation sites (N-methyl/N-ethyl adjacent to an activating group) is 1. The molecule has 0 aromatic heterocycles. The third-order valence-corrected chi connectivity index (χ3v) is 9.94. The molecule has 0 unspecified atom stereocenters. The summed E-state index contributed by atoms with van der Waals surface area (Å²) in [5.74, 6) is 0.0175. The van der Waals surface area contributed by atoms with Crippen molar-refractivity contribution >= 4 is 27.3 Å². The fourth-order valence-corrected chi connectivity index (χ4v) is 7.32. The summed E-state index contributed by atoms with van der Waals surface area (Å²) in [7, 11) is -1.90. The fraction of sp³-hybridized carbons (Fsp3) is 0.379. The molecule has 0 saturated carbocycles. The first kappa shape index (κ1) is 25.3. The average Bonchev–Trinajstić information content (AvgIpc) is 3.20. The van der Waals surface area contributed by atoms with Crippen LogP contribution in [0.2, 0.25) is 5.02 Å². The molecule has 2 aliphatic rings. The van der Waals surface area contributed by atoms with Crippen LogP contribution in [0.4, 0.5) is 5.69 Å². The third-order valence-electron chi connectivity index (χ3n) is 7.87. The van der Waals surface area contributed by atoms with Gasteiger partial charge in [-0.2, -0.15) is 0 Å². The highest BCUT2D eigenvalue weighted by Crippen LogP contribution is 2.46. The van der Waals surface area contributed by atoms with Crippen molar-refractivity contribution in [1.82, 2.24) is 9.62 Å². The van der Waals surface area contributed by atoms with E-state index in [1.54, 1.807) is 31.3 Å². The molecule has 2 heterocycles. The zero-order valence-corrected chi connectivity index (χ0v) is 22.3. The van der Waals surface area contributed by atoms with Crippen molar-refractivity contribution in [1.29, 1.82) is 0 Å². The molecule has 5 nitrogen and oxygen atoms in total. The van der Waals surface area contributed by atoms with Crippen LogP contribution in [0, 0.1) is 0 Å². The van der Waals surface area contributed by atoms with E-state index in [0.717, 1.165) is 51.0 Å². The fourth-order valence-electron chi connectivity index (χ4n) is 5.88. The molecule has 5 rings (SSSR count). The largest absolute Gasteiger partial charge is 0.370 e. The van der Waals surface area contributed by atoms with Gasteiger partial charge in [0.25, 0.3) is 0 Å². The second-order valence-corrected chi connectivity index (χ2v) is 12.6. The zero-order valence-electron chi connectivity index (χ0n) is 20.7. The Balaban J connectivity index is 1.38. The highest BCUT2D eigenvalue weighted by Gasteiger charge is 2.43. The second-order valence-electron chi connectivity index (χ2n) is 10.1. The van der Waals surface area contributed by atoms with Gasteiger partial charge in [-0.25, -0.2) is 12.7 Å². The molecule has 0 aliphatic carbocycles. The lowest BCUT2D eigenvalue weighted by molar-refractivity contribution is 0.324. The van der Waals surface area contributed by atoms with Crippen molar-refractivity contribution in [2.45, 2.75) is 35.5 Å². The van der Waals surface area contributed by atoms with Crippen LogP contribution in [0.1, 0.15) is 36.3 Å². The molecule has 2 aliphatic heterocycles. The Labute approximate surface area is 220 Å². The number of fused-ring (bicyclic) bond motifs is 2. The van der Waals surface area contributed by atoms with Crippen molar-refractivity contribution in [2.24, 2.45) is 0 Å². The van der Waals surface area contributed by atoms with Crippen LogP contribution in [0.15, 0.2) is 83.8 Å². The Morgan fingerprint density at radius 1 is 1.00 bits per heavy atom. The van der Waals surface area contributed by atoms with Gasteiger partial charge < -0.3 is 10.2 Å². The number of para-hydroxylation sites is 1. The van der Waals surface area contributed by atoms with Crippen molar-refractivity contribution in [3.8, 4) is 0 Å². The Morgan fingerprint density at radius 2 is 1.72 bits per heavy atom. The summed E-state index contributed by atoms with van der Waals surface area (Å²) in [6.45, 7) is 4.38. The first-order valence-electron chi connectivity index (χ1n) is 12.7. The van der Waals surface area contributed by atoms with Gasteiger partial charge in [0.2, 0.25) is 10.0 Å². The van der Waals surface area contributed by atoms with Gasteiger partial charge in [0.15, 0.2) is 0 Å². The molecular weight excluding hydrogens is 490 g/mol. The van der Waals surface area contributed by atoms with Gasteiger partial charge >= 0.3 is 0 Å². The number of anilines is 1. The first-order valence-corrected chi connectivity index (χ1v) is 14.5. The quantitative estimate of drug-likeness (QED) is 0.436. The molecule has 1 saturated heterocycles. The molecule has 0 bridgehead atoms. The van der Waals surface area contributed by atoms with E-state index in [9.17, 15) is 8.42 Å². The van der Waals surface area contributed by atoms with Crippen LogP contribution in [0.5, 0.6) is 0 Å². The zero-order chi connectivity index (χ0) is 25.2. The SMILES string of the molecule is CN(C[C@@H](CCN1CC2(CCNCC2)c2ccccc21)c1cccc(Cl)c1)S(=O)(=O)c1ccccc1. The van der Waals surface area contributed by atoms with Crippen LogP contribution in [-0.2, 0) is 15.4 Å². The molecule has 1 fully saturated rings. The van der Waals surface area contributed by atoms with Crippen molar-refractivity contribution in [2.75, 3.05) is 44.7 Å². The van der Waals surface area contributed by atoms with Gasteiger partial charge in [-0.3, -0.25) is 0 Å². The van der Waals surface area contributed by atoms with Crippen LogP contribution in [0.3, 0.4) is 0 Å². The summed E-state index contributed by atoms with van der Waals surface area (Å²) in [4.78, 5) is 2.84. The topological polar surface area (TPSA) is 52.6 Å². The molecule has 0 radical (unpaired) electrons. The molecule has 7 heteroatoms. The van der Waals surface area contributed by atoms with E-state index >= 15 is 0 Å². The summed E-state index contributed by atoms with van der Waals surface area (Å²) < 4.78 is 28.0. The predicted molar refractivity (Wildman–Crippen MR) is 148 cm³/mol. The lowest BCUT2D eigenvalue weighted by atomic mass is 9.75. The molecule has 0 amide bonds. The summed E-state index contributed by atoms with van der Waals surface area (Å²) >= 11 is 6.35. The van der Waals surface area contributed by atoms with Gasteiger partial charge in [-0.15, -0.1) is 0 Å². The third kappa shape index (κ3) is 5.05. The van der Waals surface area contributed by atoms with E-state index < -0.39 is 10.0 Å². The molecule has 1 spiro atoms. The Hall–Kier alpha value is -2.38. The Morgan fingerprint density at radius 3 is 2.47 bits per heavy atom. The van der Waals surface area contributed by atoms with Crippen LogP contribution < -0.4 is 10.2 Å². The Kier molecular flexibility index (Phi) is 7.40. The lowest BCUT2D eigenvalue weighted by Crippen LogP contribution is -2.43. The first-order chi connectivity index (χ1) is 17.4. The highest BCUT2D eigenvalue weighted by atomic mass is 35.5. The number of sulfonamides is 1. The standard InChI is InChI=1S/C29H34ClN3O2S/c1-32(36(34,35)26-10-3-2-4-11-26)21-24(23-8-7-9-25(30)20-23)14-19-33-22-29(15-17-31-18-16-29)27-12-5-6-13-28(27)33/h2-13,20,24,31H,14-19,21-22H2,1H3/t24-/m1/s1. The van der Waals surface area contributed by atoms with Crippen molar-refractivity contribution in [3.05, 3.63) is 95.0 Å². The molecule has 36 heavy (non-hydrogen) atoms. The van der Waals surface area contributed by atoms with E-state index in [4.69, 9.17) is 11.6 Å². The summed E-state index contributed by atoms with van der Waals surface area (Å²) in [6, 6.07) is 25.3. The number of piperidine rings is 1. The number of nitrogens with one attached hydrogen (secondary N) is 1. The summed E-state index contributed by atoms with van der Waals surface area (Å²) in [5, 5.41) is 4.19. The predicted octanol–water partition coefficient (Wildman–Crippen LogP) is 5.28. The maximum atomic E-state index is 13.3. The monoisotopic (exact) mass is 523 g/mol. The maximum absolute atomic E-state index is 13.3. The van der Waals surface area contributed by atoms with Gasteiger partial charge in [0.1, 0.15) is 0 Å².